The van der Waals surface area contributed by atoms with E-state index in [4.69, 9.17) is 4.74 Å². The molecule has 0 aromatic carbocycles. The van der Waals surface area contributed by atoms with Gasteiger partial charge in [0.15, 0.2) is 11.5 Å². The number of halogens is 3. The van der Waals surface area contributed by atoms with E-state index in [1.165, 1.54) is 10.6 Å². The number of nitrogens with one attached hydrogen (secondary N) is 2. The lowest BCUT2D eigenvalue weighted by Crippen LogP contribution is -2.39. The summed E-state index contributed by atoms with van der Waals surface area (Å²) < 4.78 is 44.8. The number of fused-ring (bicyclic) bond motifs is 1. The number of ether oxygens (including phenoxy) is 1. The molecule has 0 spiro atoms. The molecular formula is C14H16F3N5O2. The van der Waals surface area contributed by atoms with Crippen LogP contribution in [-0.2, 0) is 17.5 Å². The lowest BCUT2D eigenvalue weighted by atomic mass is 10.2. The first-order valence-corrected chi connectivity index (χ1v) is 7.47. The number of amides is 2. The Morgan fingerprint density at radius 1 is 1.38 bits per heavy atom. The zero-order valence-electron chi connectivity index (χ0n) is 12.6. The van der Waals surface area contributed by atoms with Crippen LogP contribution in [0.25, 0.3) is 5.65 Å². The second-order valence-electron chi connectivity index (χ2n) is 5.46. The molecule has 0 radical (unpaired) electrons. The minimum absolute atomic E-state index is 0.0328. The Morgan fingerprint density at radius 2 is 2.21 bits per heavy atom. The maximum absolute atomic E-state index is 12.7. The van der Waals surface area contributed by atoms with Crippen molar-refractivity contribution in [1.82, 2.24) is 25.2 Å². The van der Waals surface area contributed by atoms with E-state index in [1.807, 2.05) is 0 Å². The Balaban J connectivity index is 1.58. The van der Waals surface area contributed by atoms with Crippen LogP contribution in [0.1, 0.15) is 24.2 Å². The average Bonchev–Trinajstić information content (AvgIpc) is 3.19. The van der Waals surface area contributed by atoms with E-state index < -0.39 is 17.8 Å². The highest BCUT2D eigenvalue weighted by Crippen LogP contribution is 2.29. The first-order chi connectivity index (χ1) is 11.4. The maximum atomic E-state index is 12.7. The van der Waals surface area contributed by atoms with Gasteiger partial charge in [-0.3, -0.25) is 4.40 Å². The zero-order valence-corrected chi connectivity index (χ0v) is 12.6. The van der Waals surface area contributed by atoms with E-state index >= 15 is 0 Å². The minimum atomic E-state index is -4.44. The number of carbonyl (C=O) groups excluding carboxylic acids is 1. The molecule has 3 rings (SSSR count). The Morgan fingerprint density at radius 3 is 2.92 bits per heavy atom. The number of alkyl halides is 3. The number of urea groups is 1. The predicted molar refractivity (Wildman–Crippen MR) is 77.2 cm³/mol. The van der Waals surface area contributed by atoms with Gasteiger partial charge in [-0.2, -0.15) is 13.2 Å². The van der Waals surface area contributed by atoms with E-state index in [-0.39, 0.29) is 18.3 Å². The summed E-state index contributed by atoms with van der Waals surface area (Å²) in [7, 11) is 0. The Labute approximate surface area is 135 Å². The Bertz CT molecular complexity index is 725. The fourth-order valence-electron chi connectivity index (χ4n) is 2.47. The molecule has 130 valence electrons. The highest BCUT2D eigenvalue weighted by Gasteiger charge is 2.31. The molecule has 1 fully saturated rings. The molecule has 24 heavy (non-hydrogen) atoms. The molecule has 0 aliphatic carbocycles. The van der Waals surface area contributed by atoms with Crippen LogP contribution in [0.3, 0.4) is 0 Å². The number of nitrogens with zero attached hydrogens (tertiary/aromatic N) is 3. The van der Waals surface area contributed by atoms with Crippen molar-refractivity contribution in [3.05, 3.63) is 29.7 Å². The van der Waals surface area contributed by atoms with E-state index in [9.17, 15) is 18.0 Å². The minimum Gasteiger partial charge on any atom is -0.376 e. The molecule has 2 N–H and O–H groups in total. The molecular weight excluding hydrogens is 327 g/mol. The molecule has 0 unspecified atom stereocenters. The Kier molecular flexibility index (Phi) is 4.56. The lowest BCUT2D eigenvalue weighted by Gasteiger charge is -2.11. The standard InChI is InChI=1S/C14H16F3N5O2/c15-14(16,17)9-3-4-22-11(6-9)20-21-12(22)8-19-13(23)18-7-10-2-1-5-24-10/h3-4,6,10H,1-2,5,7-8H2,(H2,18,19,23)/t10-/m1/s1. The number of rotatable bonds is 4. The van der Waals surface area contributed by atoms with Crippen LogP contribution in [0.15, 0.2) is 18.3 Å². The highest BCUT2D eigenvalue weighted by molar-refractivity contribution is 5.73. The molecule has 2 aromatic rings. The van der Waals surface area contributed by atoms with E-state index in [0.717, 1.165) is 25.0 Å². The third-order valence-electron chi connectivity index (χ3n) is 3.73. The van der Waals surface area contributed by atoms with Crippen molar-refractivity contribution in [2.75, 3.05) is 13.2 Å². The maximum Gasteiger partial charge on any atom is 0.416 e. The first-order valence-electron chi connectivity index (χ1n) is 7.47. The van der Waals surface area contributed by atoms with Gasteiger partial charge in [0.05, 0.1) is 18.2 Å². The largest absolute Gasteiger partial charge is 0.416 e. The second kappa shape index (κ2) is 6.63. The molecule has 7 nitrogen and oxygen atoms in total. The molecule has 0 bridgehead atoms. The van der Waals surface area contributed by atoms with Gasteiger partial charge in [0.1, 0.15) is 0 Å². The fourth-order valence-corrected chi connectivity index (χ4v) is 2.47. The normalized spacial score (nSPS) is 18.0. The van der Waals surface area contributed by atoms with Crippen molar-refractivity contribution in [3.8, 4) is 0 Å². The number of pyridine rings is 1. The molecule has 3 heterocycles. The molecule has 1 saturated heterocycles. The average molecular weight is 343 g/mol. The van der Waals surface area contributed by atoms with Crippen LogP contribution in [0.2, 0.25) is 0 Å². The van der Waals surface area contributed by atoms with Gasteiger partial charge < -0.3 is 15.4 Å². The summed E-state index contributed by atoms with van der Waals surface area (Å²) in [4.78, 5) is 11.7. The van der Waals surface area contributed by atoms with Crippen LogP contribution in [0.5, 0.6) is 0 Å². The molecule has 1 atom stereocenters. The number of hydrogen-bond acceptors (Lipinski definition) is 4. The van der Waals surface area contributed by atoms with E-state index in [2.05, 4.69) is 20.8 Å². The van der Waals surface area contributed by atoms with Gasteiger partial charge in [0.25, 0.3) is 0 Å². The van der Waals surface area contributed by atoms with E-state index in [0.29, 0.717) is 19.0 Å². The van der Waals surface area contributed by atoms with Crippen molar-refractivity contribution in [2.24, 2.45) is 0 Å². The van der Waals surface area contributed by atoms with E-state index in [1.54, 1.807) is 0 Å². The van der Waals surface area contributed by atoms with Crippen molar-refractivity contribution in [2.45, 2.75) is 31.7 Å². The van der Waals surface area contributed by atoms with Gasteiger partial charge in [-0.15, -0.1) is 10.2 Å². The van der Waals surface area contributed by atoms with Gasteiger partial charge in [0, 0.05) is 19.3 Å². The molecule has 1 aliphatic heterocycles. The van der Waals surface area contributed by atoms with Crippen molar-refractivity contribution in [1.29, 1.82) is 0 Å². The van der Waals surface area contributed by atoms with Crippen LogP contribution >= 0.6 is 0 Å². The summed E-state index contributed by atoms with van der Waals surface area (Å²) in [6, 6.07) is 1.46. The molecule has 10 heteroatoms. The predicted octanol–water partition coefficient (Wildman–Crippen LogP) is 1.73. The number of carbonyl (C=O) groups is 1. The molecule has 0 saturated carbocycles. The van der Waals surface area contributed by atoms with Crippen molar-refractivity contribution in [3.63, 3.8) is 0 Å². The zero-order chi connectivity index (χ0) is 17.2. The smallest absolute Gasteiger partial charge is 0.376 e. The number of hydrogen-bond donors (Lipinski definition) is 2. The molecule has 2 amide bonds. The van der Waals surface area contributed by atoms with Gasteiger partial charge in [-0.05, 0) is 25.0 Å². The third kappa shape index (κ3) is 3.75. The summed E-state index contributed by atoms with van der Waals surface area (Å²) in [6.07, 6.45) is -1.27. The summed E-state index contributed by atoms with van der Waals surface area (Å²) >= 11 is 0. The highest BCUT2D eigenvalue weighted by atomic mass is 19.4. The van der Waals surface area contributed by atoms with Crippen LogP contribution in [0.4, 0.5) is 18.0 Å². The topological polar surface area (TPSA) is 80.6 Å². The SMILES string of the molecule is O=C(NCc1nnc2cc(C(F)(F)F)ccn12)NC[C@H]1CCCO1. The summed E-state index contributed by atoms with van der Waals surface area (Å²) in [6.45, 7) is 1.17. The fraction of sp³-hybridized carbons (Fsp3) is 0.500. The Hall–Kier alpha value is -2.36. The summed E-state index contributed by atoms with van der Waals surface area (Å²) in [5.41, 5.74) is -0.724. The van der Waals surface area contributed by atoms with Crippen molar-refractivity contribution >= 4 is 11.7 Å². The van der Waals surface area contributed by atoms with Gasteiger partial charge in [-0.25, -0.2) is 4.79 Å². The van der Waals surface area contributed by atoms with Crippen LogP contribution < -0.4 is 10.6 Å². The third-order valence-corrected chi connectivity index (χ3v) is 3.73. The summed E-state index contributed by atoms with van der Waals surface area (Å²) in [5, 5.41) is 12.8. The van der Waals surface area contributed by atoms with Gasteiger partial charge in [0.2, 0.25) is 0 Å². The van der Waals surface area contributed by atoms with Gasteiger partial charge in [-0.1, -0.05) is 0 Å². The molecule has 2 aromatic heterocycles. The first kappa shape index (κ1) is 16.5. The quantitative estimate of drug-likeness (QED) is 0.886. The summed E-state index contributed by atoms with van der Waals surface area (Å²) in [5.74, 6) is 0.339. The second-order valence-corrected chi connectivity index (χ2v) is 5.46. The van der Waals surface area contributed by atoms with Crippen LogP contribution in [0, 0.1) is 0 Å². The molecule has 1 aliphatic rings. The number of aromatic nitrogens is 3. The van der Waals surface area contributed by atoms with Crippen molar-refractivity contribution < 1.29 is 22.7 Å². The van der Waals surface area contributed by atoms with Crippen LogP contribution in [-0.4, -0.2) is 39.9 Å². The van der Waals surface area contributed by atoms with Gasteiger partial charge >= 0.3 is 12.2 Å². The lowest BCUT2D eigenvalue weighted by molar-refractivity contribution is -0.137. The monoisotopic (exact) mass is 343 g/mol.